The fourth-order valence-electron chi connectivity index (χ4n) is 9.46. The van der Waals surface area contributed by atoms with Gasteiger partial charge in [-0.1, -0.05) is 272 Å². The number of hydrogen-bond acceptors (Lipinski definition) is 15. The van der Waals surface area contributed by atoms with E-state index in [0.717, 1.165) is 89.9 Å². The first kappa shape index (κ1) is 80.1. The van der Waals surface area contributed by atoms with Gasteiger partial charge < -0.3 is 33.8 Å². The molecule has 0 bridgehead atoms. The minimum atomic E-state index is -4.94. The van der Waals surface area contributed by atoms with Gasteiger partial charge in [0.05, 0.1) is 26.4 Å². The lowest BCUT2D eigenvalue weighted by Crippen LogP contribution is -2.30. The lowest BCUT2D eigenvalue weighted by molar-refractivity contribution is -0.161. The Morgan fingerprint density at radius 3 is 0.720 bits per heavy atom. The molecule has 0 fully saturated rings. The quantitative estimate of drug-likeness (QED) is 0.0222. The number of hydrogen-bond donors (Lipinski definition) is 3. The van der Waals surface area contributed by atoms with Gasteiger partial charge in [-0.05, 0) is 25.7 Å². The SMILES string of the molecule is CCCCCCCCCCCCCCCC(=O)O[C@H](COC(=O)CCCCCCCCCCCC)COP(=O)(O)OC[C@@H](O)COP(=O)(O)OC[C@@H](COC(=O)CCCCCCCCCCC)OC(=O)CCCCCCCCCCCC. The summed E-state index contributed by atoms with van der Waals surface area (Å²) in [5.74, 6) is -2.13. The molecule has 0 aromatic heterocycles. The van der Waals surface area contributed by atoms with E-state index in [0.29, 0.717) is 25.7 Å². The second-order valence-corrected chi connectivity index (χ2v) is 25.7. The van der Waals surface area contributed by atoms with Crippen LogP contribution in [0, 0.1) is 0 Å². The van der Waals surface area contributed by atoms with Crippen LogP contribution in [0.2, 0.25) is 0 Å². The van der Waals surface area contributed by atoms with Crippen molar-refractivity contribution >= 4 is 39.5 Å². The van der Waals surface area contributed by atoms with E-state index in [1.165, 1.54) is 154 Å². The summed E-state index contributed by atoms with van der Waals surface area (Å²) in [6, 6.07) is 0. The fraction of sp³-hybridized carbons (Fsp3) is 0.937. The second-order valence-electron chi connectivity index (χ2n) is 22.8. The van der Waals surface area contributed by atoms with Crippen LogP contribution >= 0.6 is 15.6 Å². The standard InChI is InChI=1S/C63H122O17P2/c1-5-9-13-17-21-25-28-29-30-34-38-42-46-50-63(68)80-59(54-74-61(66)48-44-40-36-32-26-22-18-14-10-6-2)56-78-82(71,72)76-52-57(64)51-75-81(69,70)77-55-58(53-73-60(65)47-43-39-35-31-24-20-16-12-8-4)79-62(67)49-45-41-37-33-27-23-19-15-11-7-3/h57-59,64H,5-56H2,1-4H3,(H,69,70)(H,71,72)/t57-,58+,59+/m0/s1. The number of aliphatic hydroxyl groups excluding tert-OH is 1. The Morgan fingerprint density at radius 1 is 0.293 bits per heavy atom. The van der Waals surface area contributed by atoms with Gasteiger partial charge >= 0.3 is 39.5 Å². The lowest BCUT2D eigenvalue weighted by atomic mass is 10.0. The summed E-state index contributed by atoms with van der Waals surface area (Å²) in [6.45, 7) is 4.86. The molecule has 0 aromatic rings. The monoisotopic (exact) mass is 1210 g/mol. The molecule has 0 aliphatic carbocycles. The average Bonchev–Trinajstić information content (AvgIpc) is 3.45. The minimum absolute atomic E-state index is 0.107. The Kier molecular flexibility index (Phi) is 56.7. The third-order valence-electron chi connectivity index (χ3n) is 14.6. The molecule has 3 N–H and O–H groups in total. The van der Waals surface area contributed by atoms with Crippen LogP contribution in [0.25, 0.3) is 0 Å². The molecule has 82 heavy (non-hydrogen) atoms. The summed E-state index contributed by atoms with van der Waals surface area (Å²) < 4.78 is 67.9. The maximum absolute atomic E-state index is 13.0. The van der Waals surface area contributed by atoms with Gasteiger partial charge in [0.2, 0.25) is 0 Å². The number of rotatable bonds is 64. The second kappa shape index (κ2) is 58.1. The summed E-state index contributed by atoms with van der Waals surface area (Å²) in [4.78, 5) is 72.1. The predicted octanol–water partition coefficient (Wildman–Crippen LogP) is 17.5. The number of carbonyl (C=O) groups excluding carboxylic acids is 4. The van der Waals surface area contributed by atoms with E-state index in [4.69, 9.17) is 37.0 Å². The van der Waals surface area contributed by atoms with Crippen LogP contribution < -0.4 is 0 Å². The van der Waals surface area contributed by atoms with Crippen LogP contribution in [0.5, 0.6) is 0 Å². The van der Waals surface area contributed by atoms with E-state index >= 15 is 0 Å². The molecular weight excluding hydrogens is 1090 g/mol. The molecule has 5 atom stereocenters. The van der Waals surface area contributed by atoms with E-state index < -0.39 is 97.5 Å². The Morgan fingerprint density at radius 2 is 0.488 bits per heavy atom. The third kappa shape index (κ3) is 57.2. The first-order valence-corrected chi connectivity index (χ1v) is 36.3. The minimum Gasteiger partial charge on any atom is -0.462 e. The van der Waals surface area contributed by atoms with Gasteiger partial charge in [-0.3, -0.25) is 37.3 Å². The van der Waals surface area contributed by atoms with Crippen molar-refractivity contribution in [3.63, 3.8) is 0 Å². The van der Waals surface area contributed by atoms with Gasteiger partial charge in [-0.25, -0.2) is 9.13 Å². The Hall–Kier alpha value is -1.94. The van der Waals surface area contributed by atoms with E-state index in [1.54, 1.807) is 0 Å². The zero-order chi connectivity index (χ0) is 60.5. The van der Waals surface area contributed by atoms with Crippen LogP contribution in [-0.4, -0.2) is 96.7 Å². The van der Waals surface area contributed by atoms with Crippen molar-refractivity contribution in [3.05, 3.63) is 0 Å². The van der Waals surface area contributed by atoms with Crippen molar-refractivity contribution < 1.29 is 80.2 Å². The number of ether oxygens (including phenoxy) is 4. The van der Waals surface area contributed by atoms with Crippen molar-refractivity contribution in [2.75, 3.05) is 39.6 Å². The highest BCUT2D eigenvalue weighted by Gasteiger charge is 2.30. The van der Waals surface area contributed by atoms with Crippen LogP contribution in [0.4, 0.5) is 0 Å². The topological polar surface area (TPSA) is 237 Å². The molecule has 0 rings (SSSR count). The third-order valence-corrected chi connectivity index (χ3v) is 16.5. The van der Waals surface area contributed by atoms with Gasteiger partial charge in [0, 0.05) is 25.7 Å². The van der Waals surface area contributed by atoms with Crippen LogP contribution in [0.15, 0.2) is 0 Å². The highest BCUT2D eigenvalue weighted by molar-refractivity contribution is 7.47. The Balaban J connectivity index is 5.22. The van der Waals surface area contributed by atoms with Gasteiger partial charge in [-0.15, -0.1) is 0 Å². The fourth-order valence-corrected chi connectivity index (χ4v) is 11.0. The molecule has 0 heterocycles. The maximum Gasteiger partial charge on any atom is 0.472 e. The Labute approximate surface area is 498 Å². The first-order chi connectivity index (χ1) is 39.7. The van der Waals surface area contributed by atoms with Crippen molar-refractivity contribution in [1.82, 2.24) is 0 Å². The van der Waals surface area contributed by atoms with E-state index in [-0.39, 0.29) is 25.7 Å². The van der Waals surface area contributed by atoms with Crippen LogP contribution in [0.3, 0.4) is 0 Å². The number of carbonyl (C=O) groups is 4. The number of aliphatic hydroxyl groups is 1. The summed E-state index contributed by atoms with van der Waals surface area (Å²) >= 11 is 0. The van der Waals surface area contributed by atoms with E-state index in [2.05, 4.69) is 27.7 Å². The molecule has 486 valence electrons. The molecule has 0 saturated carbocycles. The number of esters is 4. The lowest BCUT2D eigenvalue weighted by Gasteiger charge is -2.21. The van der Waals surface area contributed by atoms with Crippen molar-refractivity contribution in [2.24, 2.45) is 0 Å². The maximum atomic E-state index is 13.0. The highest BCUT2D eigenvalue weighted by atomic mass is 31.2. The largest absolute Gasteiger partial charge is 0.472 e. The smallest absolute Gasteiger partial charge is 0.462 e. The van der Waals surface area contributed by atoms with Crippen molar-refractivity contribution in [3.8, 4) is 0 Å². The zero-order valence-electron chi connectivity index (χ0n) is 52.5. The van der Waals surface area contributed by atoms with Gasteiger partial charge in [0.15, 0.2) is 12.2 Å². The van der Waals surface area contributed by atoms with Gasteiger partial charge in [0.1, 0.15) is 19.3 Å². The van der Waals surface area contributed by atoms with Gasteiger partial charge in [0.25, 0.3) is 0 Å². The molecule has 0 radical (unpaired) electrons. The molecule has 0 saturated heterocycles. The molecule has 0 amide bonds. The number of unbranched alkanes of at least 4 members (excludes halogenated alkanes) is 38. The van der Waals surface area contributed by atoms with E-state index in [9.17, 15) is 43.2 Å². The summed E-state index contributed by atoms with van der Waals surface area (Å²) in [5, 5.41) is 10.5. The molecule has 2 unspecified atom stereocenters. The molecule has 0 aromatic carbocycles. The van der Waals surface area contributed by atoms with Crippen molar-refractivity contribution in [1.29, 1.82) is 0 Å². The normalized spacial score (nSPS) is 14.2. The van der Waals surface area contributed by atoms with E-state index in [1.807, 2.05) is 0 Å². The number of phosphoric acid groups is 2. The van der Waals surface area contributed by atoms with Gasteiger partial charge in [-0.2, -0.15) is 0 Å². The average molecular weight is 1210 g/mol. The molecule has 0 aliphatic rings. The van der Waals surface area contributed by atoms with Crippen LogP contribution in [-0.2, 0) is 65.4 Å². The molecule has 0 aliphatic heterocycles. The summed E-state index contributed by atoms with van der Waals surface area (Å²) in [7, 11) is -9.88. The predicted molar refractivity (Wildman–Crippen MR) is 326 cm³/mol. The summed E-state index contributed by atoms with van der Waals surface area (Å²) in [6.07, 6.45) is 42.9. The first-order valence-electron chi connectivity index (χ1n) is 33.3. The molecule has 17 nitrogen and oxygen atoms in total. The zero-order valence-corrected chi connectivity index (χ0v) is 54.2. The Bertz CT molecular complexity index is 1590. The van der Waals surface area contributed by atoms with Crippen molar-refractivity contribution in [2.45, 2.75) is 341 Å². The molecule has 0 spiro atoms. The summed E-state index contributed by atoms with van der Waals surface area (Å²) in [5.41, 5.74) is 0. The molecular formula is C63H122O17P2. The van der Waals surface area contributed by atoms with Crippen LogP contribution in [0.1, 0.15) is 323 Å². The highest BCUT2D eigenvalue weighted by Crippen LogP contribution is 2.45. The number of phosphoric ester groups is 2. The molecule has 19 heteroatoms.